The molecule has 0 aromatic carbocycles. The lowest BCUT2D eigenvalue weighted by Crippen LogP contribution is -2.34. The van der Waals surface area contributed by atoms with E-state index in [1.807, 2.05) is 0 Å². The molecule has 1 saturated heterocycles. The summed E-state index contributed by atoms with van der Waals surface area (Å²) in [5.74, 6) is 1.99. The highest BCUT2D eigenvalue weighted by atomic mass is 15.2. The van der Waals surface area contributed by atoms with E-state index in [0.717, 1.165) is 37.3 Å². The molecule has 1 aromatic rings. The molecule has 0 amide bonds. The van der Waals surface area contributed by atoms with E-state index in [9.17, 15) is 0 Å². The van der Waals surface area contributed by atoms with Gasteiger partial charge in [0.05, 0.1) is 5.69 Å². The SMILES string of the molecule is CCCNc1cccc(CN2CCC3CCCCC32)n1. The van der Waals surface area contributed by atoms with Crippen molar-refractivity contribution in [3.05, 3.63) is 23.9 Å². The van der Waals surface area contributed by atoms with Gasteiger partial charge < -0.3 is 5.32 Å². The van der Waals surface area contributed by atoms with Gasteiger partial charge in [-0.2, -0.15) is 0 Å². The van der Waals surface area contributed by atoms with Crippen molar-refractivity contribution in [1.29, 1.82) is 0 Å². The Morgan fingerprint density at radius 2 is 2.15 bits per heavy atom. The largest absolute Gasteiger partial charge is 0.370 e. The Hall–Kier alpha value is -1.09. The van der Waals surface area contributed by atoms with Crippen molar-refractivity contribution < 1.29 is 0 Å². The number of likely N-dealkylation sites (tertiary alicyclic amines) is 1. The first-order valence-electron chi connectivity index (χ1n) is 8.30. The number of rotatable bonds is 5. The molecule has 2 heterocycles. The molecule has 2 atom stereocenters. The van der Waals surface area contributed by atoms with Crippen LogP contribution in [0.3, 0.4) is 0 Å². The Morgan fingerprint density at radius 3 is 3.05 bits per heavy atom. The molecule has 1 aromatic heterocycles. The molecule has 1 saturated carbocycles. The van der Waals surface area contributed by atoms with Gasteiger partial charge in [0.2, 0.25) is 0 Å². The van der Waals surface area contributed by atoms with Gasteiger partial charge in [0.1, 0.15) is 5.82 Å². The number of fused-ring (bicyclic) bond motifs is 1. The maximum Gasteiger partial charge on any atom is 0.126 e. The zero-order chi connectivity index (χ0) is 13.8. The molecule has 3 nitrogen and oxygen atoms in total. The fourth-order valence-electron chi connectivity index (χ4n) is 3.83. The Bertz CT molecular complexity index is 432. The number of nitrogens with zero attached hydrogens (tertiary/aromatic N) is 2. The van der Waals surface area contributed by atoms with Crippen molar-refractivity contribution in [1.82, 2.24) is 9.88 Å². The molecular weight excluding hydrogens is 246 g/mol. The van der Waals surface area contributed by atoms with Gasteiger partial charge in [-0.3, -0.25) is 4.90 Å². The van der Waals surface area contributed by atoms with E-state index in [-0.39, 0.29) is 0 Å². The maximum atomic E-state index is 4.76. The molecule has 0 radical (unpaired) electrons. The number of hydrogen-bond acceptors (Lipinski definition) is 3. The third kappa shape index (κ3) is 3.14. The standard InChI is InChI=1S/C17H27N3/c1-2-11-18-17-9-5-7-15(19-17)13-20-12-10-14-6-3-4-8-16(14)20/h5,7,9,14,16H,2-4,6,8,10-13H2,1H3,(H,18,19). The van der Waals surface area contributed by atoms with Gasteiger partial charge in [-0.25, -0.2) is 4.98 Å². The van der Waals surface area contributed by atoms with E-state index in [2.05, 4.69) is 35.3 Å². The van der Waals surface area contributed by atoms with Crippen LogP contribution in [0.4, 0.5) is 5.82 Å². The van der Waals surface area contributed by atoms with E-state index < -0.39 is 0 Å². The van der Waals surface area contributed by atoms with Crippen LogP contribution < -0.4 is 5.32 Å². The molecule has 0 bridgehead atoms. The summed E-state index contributed by atoms with van der Waals surface area (Å²) in [7, 11) is 0. The van der Waals surface area contributed by atoms with Crippen molar-refractivity contribution in [3.8, 4) is 0 Å². The number of hydrogen-bond donors (Lipinski definition) is 1. The van der Waals surface area contributed by atoms with E-state index in [1.165, 1.54) is 44.3 Å². The molecule has 2 unspecified atom stereocenters. The highest BCUT2D eigenvalue weighted by molar-refractivity contribution is 5.35. The number of aromatic nitrogens is 1. The molecule has 3 heteroatoms. The second kappa shape index (κ2) is 6.57. The number of nitrogens with one attached hydrogen (secondary N) is 1. The summed E-state index contributed by atoms with van der Waals surface area (Å²) >= 11 is 0. The molecule has 2 fully saturated rings. The highest BCUT2D eigenvalue weighted by Crippen LogP contribution is 2.36. The van der Waals surface area contributed by atoms with Crippen LogP contribution >= 0.6 is 0 Å². The monoisotopic (exact) mass is 273 g/mol. The van der Waals surface area contributed by atoms with Crippen LogP contribution in [0.25, 0.3) is 0 Å². The summed E-state index contributed by atoms with van der Waals surface area (Å²) in [5.41, 5.74) is 1.22. The quantitative estimate of drug-likeness (QED) is 0.887. The second-order valence-electron chi connectivity index (χ2n) is 6.31. The van der Waals surface area contributed by atoms with Crippen LogP contribution in [0.5, 0.6) is 0 Å². The molecule has 1 N–H and O–H groups in total. The third-order valence-corrected chi connectivity index (χ3v) is 4.85. The predicted molar refractivity (Wildman–Crippen MR) is 83.8 cm³/mol. The molecule has 0 spiro atoms. The lowest BCUT2D eigenvalue weighted by molar-refractivity contribution is 0.174. The number of pyridine rings is 1. The topological polar surface area (TPSA) is 28.2 Å². The smallest absolute Gasteiger partial charge is 0.126 e. The fourth-order valence-corrected chi connectivity index (χ4v) is 3.83. The highest BCUT2D eigenvalue weighted by Gasteiger charge is 2.35. The average molecular weight is 273 g/mol. The predicted octanol–water partition coefficient (Wildman–Crippen LogP) is 3.67. The summed E-state index contributed by atoms with van der Waals surface area (Å²) < 4.78 is 0. The lowest BCUT2D eigenvalue weighted by atomic mass is 9.85. The maximum absolute atomic E-state index is 4.76. The second-order valence-corrected chi connectivity index (χ2v) is 6.31. The number of anilines is 1. The molecule has 110 valence electrons. The zero-order valence-electron chi connectivity index (χ0n) is 12.6. The summed E-state index contributed by atoms with van der Waals surface area (Å²) in [6.45, 7) is 5.49. The Labute approximate surface area is 122 Å². The first kappa shape index (κ1) is 13.9. The zero-order valence-corrected chi connectivity index (χ0v) is 12.6. The minimum Gasteiger partial charge on any atom is -0.370 e. The van der Waals surface area contributed by atoms with Crippen LogP contribution in [0.1, 0.15) is 51.1 Å². The van der Waals surface area contributed by atoms with Gasteiger partial charge in [0.15, 0.2) is 0 Å². The van der Waals surface area contributed by atoms with Crippen molar-refractivity contribution >= 4 is 5.82 Å². The van der Waals surface area contributed by atoms with Gasteiger partial charge in [-0.1, -0.05) is 25.8 Å². The minimum absolute atomic E-state index is 0.831. The van der Waals surface area contributed by atoms with Crippen LogP contribution in [0, 0.1) is 5.92 Å². The van der Waals surface area contributed by atoms with Gasteiger partial charge in [0.25, 0.3) is 0 Å². The van der Waals surface area contributed by atoms with Crippen LogP contribution in [-0.4, -0.2) is 29.0 Å². The van der Waals surface area contributed by atoms with E-state index in [0.29, 0.717) is 0 Å². The van der Waals surface area contributed by atoms with Crippen LogP contribution in [0.15, 0.2) is 18.2 Å². The fraction of sp³-hybridized carbons (Fsp3) is 0.706. The van der Waals surface area contributed by atoms with Gasteiger partial charge >= 0.3 is 0 Å². The van der Waals surface area contributed by atoms with Gasteiger partial charge in [-0.15, -0.1) is 0 Å². The van der Waals surface area contributed by atoms with E-state index in [4.69, 9.17) is 4.98 Å². The molecular formula is C17H27N3. The average Bonchev–Trinajstić information content (AvgIpc) is 2.89. The Kier molecular flexibility index (Phi) is 4.56. The Morgan fingerprint density at radius 1 is 1.25 bits per heavy atom. The summed E-state index contributed by atoms with van der Waals surface area (Å²) in [5, 5.41) is 3.39. The Balaban J connectivity index is 1.62. The van der Waals surface area contributed by atoms with Crippen molar-refractivity contribution in [2.75, 3.05) is 18.4 Å². The minimum atomic E-state index is 0.831. The van der Waals surface area contributed by atoms with Crippen molar-refractivity contribution in [3.63, 3.8) is 0 Å². The van der Waals surface area contributed by atoms with E-state index in [1.54, 1.807) is 0 Å². The lowest BCUT2D eigenvalue weighted by Gasteiger charge is -2.31. The summed E-state index contributed by atoms with van der Waals surface area (Å²) in [4.78, 5) is 7.43. The summed E-state index contributed by atoms with van der Waals surface area (Å²) in [6, 6.07) is 7.21. The molecule has 1 aliphatic heterocycles. The normalized spacial score (nSPS) is 26.4. The molecule has 1 aliphatic carbocycles. The summed E-state index contributed by atoms with van der Waals surface area (Å²) in [6.07, 6.45) is 8.26. The van der Waals surface area contributed by atoms with E-state index >= 15 is 0 Å². The van der Waals surface area contributed by atoms with Crippen molar-refractivity contribution in [2.24, 2.45) is 5.92 Å². The first-order chi connectivity index (χ1) is 9.86. The molecule has 20 heavy (non-hydrogen) atoms. The van der Waals surface area contributed by atoms with Crippen LogP contribution in [0.2, 0.25) is 0 Å². The molecule has 3 rings (SSSR count). The molecule has 2 aliphatic rings. The van der Waals surface area contributed by atoms with Gasteiger partial charge in [0, 0.05) is 19.1 Å². The first-order valence-corrected chi connectivity index (χ1v) is 8.30. The third-order valence-electron chi connectivity index (χ3n) is 4.85. The van der Waals surface area contributed by atoms with Crippen molar-refractivity contribution in [2.45, 2.75) is 58.0 Å². The van der Waals surface area contributed by atoms with Gasteiger partial charge in [-0.05, 0) is 50.3 Å². The van der Waals surface area contributed by atoms with Crippen LogP contribution in [-0.2, 0) is 6.54 Å².